The summed E-state index contributed by atoms with van der Waals surface area (Å²) in [6, 6.07) is 15.8. The minimum atomic E-state index is -0.435. The molecular formula is C20H19FN2O2S. The number of amides is 1. The number of hydrogen-bond acceptors (Lipinski definition) is 4. The second-order valence-corrected chi connectivity index (χ2v) is 6.86. The number of aromatic nitrogens is 1. The van der Waals surface area contributed by atoms with E-state index in [-0.39, 0.29) is 12.4 Å². The minimum Gasteiger partial charge on any atom is -0.445 e. The Hall–Kier alpha value is -2.73. The van der Waals surface area contributed by atoms with Crippen molar-refractivity contribution in [2.75, 3.05) is 6.54 Å². The predicted octanol–water partition coefficient (Wildman–Crippen LogP) is 4.73. The van der Waals surface area contributed by atoms with Gasteiger partial charge in [-0.15, -0.1) is 11.3 Å². The zero-order valence-electron chi connectivity index (χ0n) is 14.4. The molecule has 1 amide bonds. The molecule has 0 saturated carbocycles. The fourth-order valence-corrected chi connectivity index (χ4v) is 3.50. The number of benzene rings is 2. The van der Waals surface area contributed by atoms with Gasteiger partial charge in [-0.2, -0.15) is 0 Å². The highest BCUT2D eigenvalue weighted by Gasteiger charge is 2.10. The molecule has 134 valence electrons. The van der Waals surface area contributed by atoms with Crippen LogP contribution in [0.15, 0.2) is 54.6 Å². The first-order chi connectivity index (χ1) is 12.6. The van der Waals surface area contributed by atoms with Gasteiger partial charge < -0.3 is 10.1 Å². The molecule has 6 heteroatoms. The molecule has 1 N–H and O–H groups in total. The van der Waals surface area contributed by atoms with Gasteiger partial charge in [-0.1, -0.05) is 30.3 Å². The average Bonchev–Trinajstić information content (AvgIpc) is 3.02. The van der Waals surface area contributed by atoms with Gasteiger partial charge in [-0.25, -0.2) is 14.2 Å². The summed E-state index contributed by atoms with van der Waals surface area (Å²) in [5, 5.41) is 3.60. The number of halogens is 1. The maximum Gasteiger partial charge on any atom is 0.407 e. The lowest BCUT2D eigenvalue weighted by Crippen LogP contribution is -2.26. The molecule has 0 radical (unpaired) electrons. The summed E-state index contributed by atoms with van der Waals surface area (Å²) in [4.78, 5) is 17.4. The second kappa shape index (κ2) is 8.58. The van der Waals surface area contributed by atoms with Crippen LogP contribution in [0.5, 0.6) is 0 Å². The minimum absolute atomic E-state index is 0.251. The van der Waals surface area contributed by atoms with E-state index in [2.05, 4.69) is 10.3 Å². The molecule has 0 spiro atoms. The SMILES string of the molecule is Cc1nc(-c2ccc(F)cc2)sc1CCNC(=O)OCc1ccccc1. The van der Waals surface area contributed by atoms with Crippen LogP contribution in [-0.2, 0) is 17.8 Å². The number of carbonyl (C=O) groups is 1. The Morgan fingerprint density at radius 1 is 1.15 bits per heavy atom. The molecule has 3 rings (SSSR count). The van der Waals surface area contributed by atoms with E-state index in [1.165, 1.54) is 12.1 Å². The van der Waals surface area contributed by atoms with E-state index in [9.17, 15) is 9.18 Å². The summed E-state index contributed by atoms with van der Waals surface area (Å²) in [6.45, 7) is 2.66. The van der Waals surface area contributed by atoms with Gasteiger partial charge in [0.25, 0.3) is 0 Å². The zero-order chi connectivity index (χ0) is 18.4. The van der Waals surface area contributed by atoms with Crippen LogP contribution in [-0.4, -0.2) is 17.6 Å². The van der Waals surface area contributed by atoms with Crippen molar-refractivity contribution in [3.8, 4) is 10.6 Å². The molecule has 4 nitrogen and oxygen atoms in total. The molecule has 0 atom stereocenters. The molecular weight excluding hydrogens is 351 g/mol. The molecule has 2 aromatic carbocycles. The van der Waals surface area contributed by atoms with Crippen LogP contribution in [0, 0.1) is 12.7 Å². The summed E-state index contributed by atoms with van der Waals surface area (Å²) in [5.74, 6) is -0.263. The van der Waals surface area contributed by atoms with Crippen molar-refractivity contribution in [3.05, 3.63) is 76.5 Å². The third-order valence-corrected chi connectivity index (χ3v) is 5.08. The quantitative estimate of drug-likeness (QED) is 0.683. The summed E-state index contributed by atoms with van der Waals surface area (Å²) in [7, 11) is 0. The third-order valence-electron chi connectivity index (χ3n) is 3.82. The molecule has 26 heavy (non-hydrogen) atoms. The number of nitrogens with one attached hydrogen (secondary N) is 1. The molecule has 0 aliphatic carbocycles. The van der Waals surface area contributed by atoms with Gasteiger partial charge in [0.15, 0.2) is 0 Å². The van der Waals surface area contributed by atoms with Crippen molar-refractivity contribution < 1.29 is 13.9 Å². The van der Waals surface area contributed by atoms with Gasteiger partial charge in [-0.3, -0.25) is 0 Å². The van der Waals surface area contributed by atoms with Crippen LogP contribution in [0.4, 0.5) is 9.18 Å². The summed E-state index contributed by atoms with van der Waals surface area (Å²) in [6.07, 6.45) is 0.236. The Kier molecular flexibility index (Phi) is 5.96. The number of thiazole rings is 1. The molecule has 0 unspecified atom stereocenters. The van der Waals surface area contributed by atoms with Crippen LogP contribution in [0.25, 0.3) is 10.6 Å². The monoisotopic (exact) mass is 370 g/mol. The summed E-state index contributed by atoms with van der Waals surface area (Å²) in [5.41, 5.74) is 2.76. The van der Waals surface area contributed by atoms with Gasteiger partial charge in [0.2, 0.25) is 0 Å². The number of ether oxygens (including phenoxy) is 1. The van der Waals surface area contributed by atoms with Crippen LogP contribution in [0.3, 0.4) is 0 Å². The lowest BCUT2D eigenvalue weighted by atomic mass is 10.2. The third kappa shape index (κ3) is 4.89. The topological polar surface area (TPSA) is 51.2 Å². The van der Waals surface area contributed by atoms with Crippen LogP contribution >= 0.6 is 11.3 Å². The molecule has 0 bridgehead atoms. The number of alkyl carbamates (subject to hydrolysis) is 1. The van der Waals surface area contributed by atoms with E-state index in [1.54, 1.807) is 23.5 Å². The van der Waals surface area contributed by atoms with Crippen LogP contribution in [0.1, 0.15) is 16.1 Å². The van der Waals surface area contributed by atoms with E-state index in [4.69, 9.17) is 4.74 Å². The van der Waals surface area contributed by atoms with Gasteiger partial charge >= 0.3 is 6.09 Å². The van der Waals surface area contributed by atoms with Crippen molar-refractivity contribution in [1.29, 1.82) is 0 Å². The Bertz CT molecular complexity index is 863. The van der Waals surface area contributed by atoms with E-state index in [0.29, 0.717) is 13.0 Å². The first kappa shape index (κ1) is 18.1. The zero-order valence-corrected chi connectivity index (χ0v) is 15.2. The van der Waals surface area contributed by atoms with Crippen molar-refractivity contribution in [3.63, 3.8) is 0 Å². The van der Waals surface area contributed by atoms with Gasteiger partial charge in [-0.05, 0) is 36.8 Å². The first-order valence-corrected chi connectivity index (χ1v) is 9.10. The number of aryl methyl sites for hydroxylation is 1. The average molecular weight is 370 g/mol. The Morgan fingerprint density at radius 3 is 2.62 bits per heavy atom. The van der Waals surface area contributed by atoms with E-state index >= 15 is 0 Å². The number of carbonyl (C=O) groups excluding carboxylic acids is 1. The molecule has 3 aromatic rings. The van der Waals surface area contributed by atoms with Crippen LogP contribution < -0.4 is 5.32 Å². The fraction of sp³-hybridized carbons (Fsp3) is 0.200. The number of nitrogens with zero attached hydrogens (tertiary/aromatic N) is 1. The number of hydrogen-bond donors (Lipinski definition) is 1. The van der Waals surface area contributed by atoms with Gasteiger partial charge in [0.1, 0.15) is 17.4 Å². The molecule has 0 aliphatic heterocycles. The van der Waals surface area contributed by atoms with Crippen molar-refractivity contribution in [1.82, 2.24) is 10.3 Å². The standard InChI is InChI=1S/C20H19FN2O2S/c1-14-18(26-19(23-14)16-7-9-17(21)10-8-16)11-12-22-20(24)25-13-15-5-3-2-4-6-15/h2-10H,11-13H2,1H3,(H,22,24). The molecule has 1 heterocycles. The lowest BCUT2D eigenvalue weighted by molar-refractivity contribution is 0.140. The Balaban J connectivity index is 1.49. The lowest BCUT2D eigenvalue weighted by Gasteiger charge is -2.06. The second-order valence-electron chi connectivity index (χ2n) is 5.77. The van der Waals surface area contributed by atoms with Gasteiger partial charge in [0, 0.05) is 23.4 Å². The first-order valence-electron chi connectivity index (χ1n) is 8.28. The van der Waals surface area contributed by atoms with E-state index in [0.717, 1.165) is 26.7 Å². The number of rotatable bonds is 6. The highest BCUT2D eigenvalue weighted by molar-refractivity contribution is 7.15. The van der Waals surface area contributed by atoms with Gasteiger partial charge in [0.05, 0.1) is 5.69 Å². The van der Waals surface area contributed by atoms with Crippen molar-refractivity contribution in [2.45, 2.75) is 20.0 Å². The maximum atomic E-state index is 13.0. The van der Waals surface area contributed by atoms with E-state index < -0.39 is 6.09 Å². The molecule has 0 aliphatic rings. The Labute approximate surface area is 155 Å². The maximum absolute atomic E-state index is 13.0. The highest BCUT2D eigenvalue weighted by atomic mass is 32.1. The molecule has 0 fully saturated rings. The normalized spacial score (nSPS) is 10.5. The Morgan fingerprint density at radius 2 is 1.88 bits per heavy atom. The molecule has 1 aromatic heterocycles. The summed E-state index contributed by atoms with van der Waals surface area (Å²) >= 11 is 1.55. The van der Waals surface area contributed by atoms with Crippen LogP contribution in [0.2, 0.25) is 0 Å². The predicted molar refractivity (Wildman–Crippen MR) is 101 cm³/mol. The van der Waals surface area contributed by atoms with E-state index in [1.807, 2.05) is 37.3 Å². The largest absolute Gasteiger partial charge is 0.445 e. The molecule has 0 saturated heterocycles. The fourth-order valence-electron chi connectivity index (χ4n) is 2.43. The highest BCUT2D eigenvalue weighted by Crippen LogP contribution is 2.28. The smallest absolute Gasteiger partial charge is 0.407 e. The summed E-state index contributed by atoms with van der Waals surface area (Å²) < 4.78 is 18.2. The van der Waals surface area contributed by atoms with Crippen molar-refractivity contribution >= 4 is 17.4 Å². The van der Waals surface area contributed by atoms with Crippen molar-refractivity contribution in [2.24, 2.45) is 0 Å².